The van der Waals surface area contributed by atoms with Crippen molar-refractivity contribution in [1.82, 2.24) is 5.32 Å². The number of ether oxygens (including phenoxy) is 2. The van der Waals surface area contributed by atoms with E-state index in [-0.39, 0.29) is 18.4 Å². The monoisotopic (exact) mass is 305 g/mol. The molecule has 1 aromatic rings. The van der Waals surface area contributed by atoms with Gasteiger partial charge in [0.2, 0.25) is 0 Å². The molecular weight excluding hydrogens is 278 g/mol. The molecule has 1 aliphatic heterocycles. The van der Waals surface area contributed by atoms with Gasteiger partial charge in [-0.1, -0.05) is 24.3 Å². The molecule has 2 aliphatic rings. The number of nitrogens with one attached hydrogen (secondary N) is 1. The van der Waals surface area contributed by atoms with Crippen LogP contribution in [-0.2, 0) is 22.3 Å². The lowest BCUT2D eigenvalue weighted by Gasteiger charge is -2.28. The van der Waals surface area contributed by atoms with Gasteiger partial charge in [-0.05, 0) is 56.2 Å². The van der Waals surface area contributed by atoms with Crippen LogP contribution in [0, 0.1) is 0 Å². The highest BCUT2D eigenvalue weighted by Gasteiger charge is 2.35. The summed E-state index contributed by atoms with van der Waals surface area (Å²) in [6.07, 6.45) is 6.13. The second kappa shape index (κ2) is 7.55. The Bertz CT molecular complexity index is 446. The average Bonchev–Trinajstić information content (AvgIpc) is 2.94. The van der Waals surface area contributed by atoms with Gasteiger partial charge in [0.1, 0.15) is 0 Å². The average molecular weight is 305 g/mol. The molecule has 3 rings (SSSR count). The highest BCUT2D eigenvalue weighted by molar-refractivity contribution is 5.36. The first kappa shape index (κ1) is 15.9. The Kier molecular flexibility index (Phi) is 5.47. The fourth-order valence-electron chi connectivity index (χ4n) is 3.47. The van der Waals surface area contributed by atoms with Crippen molar-refractivity contribution in [1.29, 1.82) is 0 Å². The second-order valence-electron chi connectivity index (χ2n) is 6.51. The van der Waals surface area contributed by atoms with Crippen molar-refractivity contribution in [3.8, 4) is 0 Å². The zero-order chi connectivity index (χ0) is 15.3. The minimum atomic E-state index is -0.189. The Hall–Kier alpha value is -0.940. The van der Waals surface area contributed by atoms with E-state index in [1.165, 1.54) is 17.5 Å². The molecule has 2 N–H and O–H groups in total. The third kappa shape index (κ3) is 3.87. The molecule has 1 fully saturated rings. The number of rotatable bonds is 7. The standard InChI is InChI=1S/C18H27NO3/c20-14-18(12-15-6-1-2-7-16(15)13-18)19-9-5-11-22-17-8-3-4-10-21-17/h1-2,6-7,17,19-20H,3-5,8-14H2. The highest BCUT2D eigenvalue weighted by atomic mass is 16.7. The summed E-state index contributed by atoms with van der Waals surface area (Å²) in [6, 6.07) is 8.48. The summed E-state index contributed by atoms with van der Waals surface area (Å²) in [6.45, 7) is 2.58. The van der Waals surface area contributed by atoms with Crippen molar-refractivity contribution >= 4 is 0 Å². The Morgan fingerprint density at radius 2 is 2.00 bits per heavy atom. The first-order valence-corrected chi connectivity index (χ1v) is 8.47. The van der Waals surface area contributed by atoms with Crippen molar-refractivity contribution < 1.29 is 14.6 Å². The van der Waals surface area contributed by atoms with Gasteiger partial charge in [-0.15, -0.1) is 0 Å². The van der Waals surface area contributed by atoms with Gasteiger partial charge in [-0.2, -0.15) is 0 Å². The van der Waals surface area contributed by atoms with Crippen molar-refractivity contribution in [3.63, 3.8) is 0 Å². The van der Waals surface area contributed by atoms with E-state index in [1.807, 2.05) is 0 Å². The summed E-state index contributed by atoms with van der Waals surface area (Å²) in [5, 5.41) is 13.4. The molecule has 4 heteroatoms. The van der Waals surface area contributed by atoms with Crippen LogP contribution >= 0.6 is 0 Å². The van der Waals surface area contributed by atoms with Crippen LogP contribution in [0.25, 0.3) is 0 Å². The fraction of sp³-hybridized carbons (Fsp3) is 0.667. The SMILES string of the molecule is OCC1(NCCCOC2CCCCO2)Cc2ccccc2C1. The molecule has 0 bridgehead atoms. The predicted octanol–water partition coefficient (Wildman–Crippen LogP) is 2.04. The summed E-state index contributed by atoms with van der Waals surface area (Å²) in [7, 11) is 0. The molecule has 0 radical (unpaired) electrons. The molecule has 1 aliphatic carbocycles. The van der Waals surface area contributed by atoms with Crippen LogP contribution in [0.3, 0.4) is 0 Å². The summed E-state index contributed by atoms with van der Waals surface area (Å²) in [5.41, 5.74) is 2.53. The Labute approximate surface area is 132 Å². The van der Waals surface area contributed by atoms with E-state index in [0.29, 0.717) is 6.61 Å². The van der Waals surface area contributed by atoms with Gasteiger partial charge in [0.05, 0.1) is 13.2 Å². The molecule has 1 atom stereocenters. The first-order valence-electron chi connectivity index (χ1n) is 8.47. The summed E-state index contributed by atoms with van der Waals surface area (Å²) in [5.74, 6) is 0. The highest BCUT2D eigenvalue weighted by Crippen LogP contribution is 2.29. The lowest BCUT2D eigenvalue weighted by atomic mass is 9.97. The van der Waals surface area contributed by atoms with E-state index in [4.69, 9.17) is 9.47 Å². The van der Waals surface area contributed by atoms with Gasteiger partial charge in [0.25, 0.3) is 0 Å². The zero-order valence-electron chi connectivity index (χ0n) is 13.2. The number of hydrogen-bond donors (Lipinski definition) is 2. The number of aliphatic hydroxyl groups is 1. The van der Waals surface area contributed by atoms with Crippen molar-refractivity contribution in [2.24, 2.45) is 0 Å². The Morgan fingerprint density at radius 3 is 2.64 bits per heavy atom. The quantitative estimate of drug-likeness (QED) is 0.757. The molecule has 0 aromatic heterocycles. The predicted molar refractivity (Wildman–Crippen MR) is 85.8 cm³/mol. The number of aliphatic hydroxyl groups excluding tert-OH is 1. The number of benzene rings is 1. The van der Waals surface area contributed by atoms with E-state index in [0.717, 1.165) is 45.3 Å². The lowest BCUT2D eigenvalue weighted by molar-refractivity contribution is -0.162. The van der Waals surface area contributed by atoms with Crippen LogP contribution in [0.5, 0.6) is 0 Å². The van der Waals surface area contributed by atoms with Crippen molar-refractivity contribution in [3.05, 3.63) is 35.4 Å². The van der Waals surface area contributed by atoms with Gasteiger partial charge in [-0.3, -0.25) is 0 Å². The molecule has 4 nitrogen and oxygen atoms in total. The molecular formula is C18H27NO3. The van der Waals surface area contributed by atoms with Gasteiger partial charge in [-0.25, -0.2) is 0 Å². The minimum absolute atomic E-state index is 0.00344. The molecule has 1 heterocycles. The molecule has 1 unspecified atom stereocenters. The van der Waals surface area contributed by atoms with Crippen LogP contribution in [-0.4, -0.2) is 43.3 Å². The third-order valence-corrected chi connectivity index (χ3v) is 4.74. The van der Waals surface area contributed by atoms with Crippen LogP contribution < -0.4 is 5.32 Å². The number of hydrogen-bond acceptors (Lipinski definition) is 4. The van der Waals surface area contributed by atoms with Gasteiger partial charge in [0.15, 0.2) is 6.29 Å². The Balaban J connectivity index is 1.39. The Morgan fingerprint density at radius 1 is 1.23 bits per heavy atom. The smallest absolute Gasteiger partial charge is 0.157 e. The van der Waals surface area contributed by atoms with Crippen molar-refractivity contribution in [2.45, 2.75) is 50.4 Å². The van der Waals surface area contributed by atoms with E-state index < -0.39 is 0 Å². The fourth-order valence-corrected chi connectivity index (χ4v) is 3.47. The maximum absolute atomic E-state index is 9.84. The maximum Gasteiger partial charge on any atom is 0.157 e. The topological polar surface area (TPSA) is 50.7 Å². The van der Waals surface area contributed by atoms with Crippen LogP contribution in [0.15, 0.2) is 24.3 Å². The van der Waals surface area contributed by atoms with E-state index in [1.54, 1.807) is 0 Å². The van der Waals surface area contributed by atoms with Crippen molar-refractivity contribution in [2.75, 3.05) is 26.4 Å². The third-order valence-electron chi connectivity index (χ3n) is 4.74. The van der Waals surface area contributed by atoms with Crippen LogP contribution in [0.4, 0.5) is 0 Å². The van der Waals surface area contributed by atoms with Gasteiger partial charge < -0.3 is 19.9 Å². The molecule has 1 aromatic carbocycles. The summed E-state index contributed by atoms with van der Waals surface area (Å²) >= 11 is 0. The molecule has 22 heavy (non-hydrogen) atoms. The molecule has 0 spiro atoms. The summed E-state index contributed by atoms with van der Waals surface area (Å²) in [4.78, 5) is 0. The maximum atomic E-state index is 9.84. The lowest BCUT2D eigenvalue weighted by Crippen LogP contribution is -2.50. The molecule has 0 saturated carbocycles. The normalized spacial score (nSPS) is 23.4. The van der Waals surface area contributed by atoms with E-state index >= 15 is 0 Å². The minimum Gasteiger partial charge on any atom is -0.394 e. The first-order chi connectivity index (χ1) is 10.8. The summed E-state index contributed by atoms with van der Waals surface area (Å²) < 4.78 is 11.3. The molecule has 0 amide bonds. The molecule has 1 saturated heterocycles. The van der Waals surface area contributed by atoms with Crippen LogP contribution in [0.2, 0.25) is 0 Å². The number of fused-ring (bicyclic) bond motifs is 1. The molecule has 122 valence electrons. The van der Waals surface area contributed by atoms with Gasteiger partial charge in [0, 0.05) is 12.1 Å². The van der Waals surface area contributed by atoms with Gasteiger partial charge >= 0.3 is 0 Å². The second-order valence-corrected chi connectivity index (χ2v) is 6.51. The van der Waals surface area contributed by atoms with Crippen LogP contribution in [0.1, 0.15) is 36.8 Å². The van der Waals surface area contributed by atoms with E-state index in [2.05, 4.69) is 29.6 Å². The largest absolute Gasteiger partial charge is 0.394 e. The zero-order valence-corrected chi connectivity index (χ0v) is 13.2. The van der Waals surface area contributed by atoms with E-state index in [9.17, 15) is 5.11 Å².